The molecule has 0 aliphatic carbocycles. The van der Waals surface area contributed by atoms with Gasteiger partial charge in [-0.3, -0.25) is 0 Å². The monoisotopic (exact) mass is 290 g/mol. The first-order valence-electron chi connectivity index (χ1n) is 6.74. The maximum absolute atomic E-state index is 10.5. The van der Waals surface area contributed by atoms with Gasteiger partial charge in [-0.15, -0.1) is 11.3 Å². The molecule has 2 heterocycles. The van der Waals surface area contributed by atoms with Gasteiger partial charge in [0.15, 0.2) is 0 Å². The van der Waals surface area contributed by atoms with Gasteiger partial charge in [0.25, 0.3) is 0 Å². The second-order valence-corrected chi connectivity index (χ2v) is 7.17. The van der Waals surface area contributed by atoms with Crippen LogP contribution in [0, 0.1) is 0 Å². The van der Waals surface area contributed by atoms with Crippen LogP contribution >= 0.6 is 23.1 Å². The van der Waals surface area contributed by atoms with Gasteiger partial charge in [-0.05, 0) is 41.4 Å². The van der Waals surface area contributed by atoms with Crippen molar-refractivity contribution in [2.75, 3.05) is 5.75 Å². The van der Waals surface area contributed by atoms with Crippen molar-refractivity contribution >= 4 is 23.1 Å². The molecule has 19 heavy (non-hydrogen) atoms. The smallest absolute Gasteiger partial charge is 0.113 e. The molecule has 0 spiro atoms. The van der Waals surface area contributed by atoms with Gasteiger partial charge in [-0.1, -0.05) is 31.2 Å². The summed E-state index contributed by atoms with van der Waals surface area (Å²) in [6.45, 7) is 2.15. The van der Waals surface area contributed by atoms with Crippen LogP contribution in [0.15, 0.2) is 30.3 Å². The van der Waals surface area contributed by atoms with Crippen LogP contribution in [0.3, 0.4) is 0 Å². The molecular weight excluding hydrogens is 272 g/mol. The van der Waals surface area contributed by atoms with Gasteiger partial charge in [0, 0.05) is 15.5 Å². The number of thioether (sulfide) groups is 1. The van der Waals surface area contributed by atoms with Gasteiger partial charge in [0.05, 0.1) is 0 Å². The SMILES string of the molecule is CCc1ccc(C(O)c2cc3c(s2)CCSC3)cc1. The van der Waals surface area contributed by atoms with E-state index in [2.05, 4.69) is 37.3 Å². The quantitative estimate of drug-likeness (QED) is 0.915. The summed E-state index contributed by atoms with van der Waals surface area (Å²) in [7, 11) is 0. The van der Waals surface area contributed by atoms with E-state index in [0.29, 0.717) is 0 Å². The average Bonchev–Trinajstić information content (AvgIpc) is 2.90. The van der Waals surface area contributed by atoms with Crippen LogP contribution in [0.1, 0.15) is 39.5 Å². The molecule has 100 valence electrons. The van der Waals surface area contributed by atoms with Crippen molar-refractivity contribution in [3.8, 4) is 0 Å². The summed E-state index contributed by atoms with van der Waals surface area (Å²) in [5.41, 5.74) is 3.75. The highest BCUT2D eigenvalue weighted by Crippen LogP contribution is 2.36. The highest BCUT2D eigenvalue weighted by molar-refractivity contribution is 7.98. The van der Waals surface area contributed by atoms with E-state index < -0.39 is 6.10 Å². The molecule has 1 aliphatic rings. The molecule has 0 amide bonds. The number of fused-ring (bicyclic) bond motifs is 1. The number of hydrogen-bond acceptors (Lipinski definition) is 3. The lowest BCUT2D eigenvalue weighted by molar-refractivity contribution is 0.224. The van der Waals surface area contributed by atoms with Crippen LogP contribution in [0.25, 0.3) is 0 Å². The fraction of sp³-hybridized carbons (Fsp3) is 0.375. The molecule has 1 aromatic heterocycles. The van der Waals surface area contributed by atoms with Crippen LogP contribution in [-0.4, -0.2) is 10.9 Å². The lowest BCUT2D eigenvalue weighted by atomic mass is 10.0. The first kappa shape index (κ1) is 13.2. The number of rotatable bonds is 3. The highest BCUT2D eigenvalue weighted by Gasteiger charge is 2.18. The maximum atomic E-state index is 10.5. The number of aliphatic hydroxyl groups is 1. The first-order valence-corrected chi connectivity index (χ1v) is 8.71. The summed E-state index contributed by atoms with van der Waals surface area (Å²) in [4.78, 5) is 2.56. The normalized spacial score (nSPS) is 16.1. The van der Waals surface area contributed by atoms with E-state index in [1.165, 1.54) is 21.8 Å². The molecule has 1 N–H and O–H groups in total. The fourth-order valence-corrected chi connectivity index (χ4v) is 4.80. The number of aryl methyl sites for hydroxylation is 2. The summed E-state index contributed by atoms with van der Waals surface area (Å²) >= 11 is 3.77. The Morgan fingerprint density at radius 1 is 1.26 bits per heavy atom. The van der Waals surface area contributed by atoms with E-state index in [1.807, 2.05) is 11.8 Å². The van der Waals surface area contributed by atoms with Crippen molar-refractivity contribution in [1.29, 1.82) is 0 Å². The molecule has 1 aliphatic heterocycles. The third kappa shape index (κ3) is 2.73. The molecular formula is C16H18OS2. The predicted molar refractivity (Wildman–Crippen MR) is 84.1 cm³/mol. The van der Waals surface area contributed by atoms with Crippen LogP contribution in [-0.2, 0) is 18.6 Å². The van der Waals surface area contributed by atoms with Crippen LogP contribution in [0.2, 0.25) is 0 Å². The average molecular weight is 290 g/mol. The zero-order chi connectivity index (χ0) is 13.2. The van der Waals surface area contributed by atoms with Crippen LogP contribution < -0.4 is 0 Å². The highest BCUT2D eigenvalue weighted by atomic mass is 32.2. The van der Waals surface area contributed by atoms with Crippen molar-refractivity contribution < 1.29 is 5.11 Å². The predicted octanol–water partition coefficient (Wildman–Crippen LogP) is 4.18. The third-order valence-electron chi connectivity index (χ3n) is 3.62. The van der Waals surface area contributed by atoms with Gasteiger partial charge in [-0.25, -0.2) is 0 Å². The molecule has 1 atom stereocenters. The molecule has 1 aromatic carbocycles. The summed E-state index contributed by atoms with van der Waals surface area (Å²) < 4.78 is 0. The minimum Gasteiger partial charge on any atom is -0.383 e. The largest absolute Gasteiger partial charge is 0.383 e. The standard InChI is InChI=1S/C16H18OS2/c1-2-11-3-5-12(6-4-11)16(17)15-9-13-10-18-8-7-14(13)19-15/h3-6,9,16-17H,2,7-8,10H2,1H3. The molecule has 0 radical (unpaired) electrons. The minimum absolute atomic E-state index is 0.466. The van der Waals surface area contributed by atoms with Crippen LogP contribution in [0.4, 0.5) is 0 Å². The molecule has 2 aromatic rings. The topological polar surface area (TPSA) is 20.2 Å². The van der Waals surface area contributed by atoms with Gasteiger partial charge >= 0.3 is 0 Å². The number of thiophene rings is 1. The summed E-state index contributed by atoms with van der Waals surface area (Å²) in [5.74, 6) is 2.32. The molecule has 3 rings (SSSR count). The van der Waals surface area contributed by atoms with E-state index in [0.717, 1.165) is 29.0 Å². The van der Waals surface area contributed by atoms with Gasteiger partial charge in [0.2, 0.25) is 0 Å². The van der Waals surface area contributed by atoms with Gasteiger partial charge < -0.3 is 5.11 Å². The van der Waals surface area contributed by atoms with Crippen molar-refractivity contribution in [3.05, 3.63) is 56.8 Å². The second kappa shape index (κ2) is 5.70. The molecule has 0 bridgehead atoms. The van der Waals surface area contributed by atoms with E-state index in [1.54, 1.807) is 11.3 Å². The second-order valence-electron chi connectivity index (χ2n) is 4.90. The Kier molecular flexibility index (Phi) is 3.96. The lowest BCUT2D eigenvalue weighted by Crippen LogP contribution is -1.97. The molecule has 1 nitrogen and oxygen atoms in total. The van der Waals surface area contributed by atoms with E-state index in [9.17, 15) is 5.11 Å². The van der Waals surface area contributed by atoms with E-state index in [4.69, 9.17) is 0 Å². The van der Waals surface area contributed by atoms with E-state index >= 15 is 0 Å². The number of hydrogen-bond donors (Lipinski definition) is 1. The summed E-state index contributed by atoms with van der Waals surface area (Å²) in [6, 6.07) is 10.5. The molecule has 0 saturated carbocycles. The Labute approximate surface area is 122 Å². The Hall–Kier alpha value is -0.770. The van der Waals surface area contributed by atoms with Crippen molar-refractivity contribution in [3.63, 3.8) is 0 Å². The molecule has 0 saturated heterocycles. The van der Waals surface area contributed by atoms with Gasteiger partial charge in [-0.2, -0.15) is 11.8 Å². The van der Waals surface area contributed by atoms with Crippen LogP contribution in [0.5, 0.6) is 0 Å². The summed E-state index contributed by atoms with van der Waals surface area (Å²) in [6.07, 6.45) is 1.74. The number of benzene rings is 1. The molecule has 3 heteroatoms. The lowest BCUT2D eigenvalue weighted by Gasteiger charge is -2.09. The minimum atomic E-state index is -0.466. The van der Waals surface area contributed by atoms with Crippen molar-refractivity contribution in [2.24, 2.45) is 0 Å². The van der Waals surface area contributed by atoms with E-state index in [-0.39, 0.29) is 0 Å². The fourth-order valence-electron chi connectivity index (χ4n) is 2.40. The Balaban J connectivity index is 1.85. The Morgan fingerprint density at radius 2 is 2.05 bits per heavy atom. The molecule has 0 fully saturated rings. The summed E-state index contributed by atoms with van der Waals surface area (Å²) in [5, 5.41) is 10.5. The Bertz CT molecular complexity index is 533. The zero-order valence-electron chi connectivity index (χ0n) is 11.1. The number of aliphatic hydroxyl groups excluding tert-OH is 1. The molecule has 1 unspecified atom stereocenters. The van der Waals surface area contributed by atoms with Crippen molar-refractivity contribution in [1.82, 2.24) is 0 Å². The zero-order valence-corrected chi connectivity index (χ0v) is 12.7. The Morgan fingerprint density at radius 3 is 2.74 bits per heavy atom. The maximum Gasteiger partial charge on any atom is 0.113 e. The third-order valence-corrected chi connectivity index (χ3v) is 5.92. The first-order chi connectivity index (χ1) is 9.28. The van der Waals surface area contributed by atoms with Crippen molar-refractivity contribution in [2.45, 2.75) is 31.6 Å². The van der Waals surface area contributed by atoms with Gasteiger partial charge in [0.1, 0.15) is 6.10 Å².